The first kappa shape index (κ1) is 26.6. The summed E-state index contributed by atoms with van der Waals surface area (Å²) >= 11 is 0. The number of carbonyl (C=O) groups excluding carboxylic acids is 1. The molecular formula is C26H31FN2O5S. The molecular weight excluding hydrogens is 471 g/mol. The van der Waals surface area contributed by atoms with E-state index >= 15 is 0 Å². The van der Waals surface area contributed by atoms with Gasteiger partial charge in [-0.2, -0.15) is 4.31 Å². The fourth-order valence-electron chi connectivity index (χ4n) is 4.06. The maximum Gasteiger partial charge on any atom is 0.244 e. The predicted octanol–water partition coefficient (Wildman–Crippen LogP) is 4.21. The number of benzene rings is 2. The number of amides is 1. The molecule has 3 rings (SSSR count). The van der Waals surface area contributed by atoms with Crippen LogP contribution in [0.3, 0.4) is 0 Å². The van der Waals surface area contributed by atoms with Crippen LogP contribution >= 0.6 is 0 Å². The van der Waals surface area contributed by atoms with Gasteiger partial charge in [0.1, 0.15) is 11.6 Å². The molecule has 3 aromatic rings. The number of hydrogen-bond acceptors (Lipinski definition) is 5. The summed E-state index contributed by atoms with van der Waals surface area (Å²) in [5.74, 6) is -0.233. The predicted molar refractivity (Wildman–Crippen MR) is 131 cm³/mol. The van der Waals surface area contributed by atoms with Crippen molar-refractivity contribution in [1.29, 1.82) is 0 Å². The fraction of sp³-hybridized carbons (Fsp3) is 0.346. The van der Waals surface area contributed by atoms with E-state index < -0.39 is 15.9 Å². The zero-order valence-corrected chi connectivity index (χ0v) is 21.3. The van der Waals surface area contributed by atoms with Gasteiger partial charge in [-0.1, -0.05) is 29.8 Å². The first-order valence-corrected chi connectivity index (χ1v) is 12.7. The summed E-state index contributed by atoms with van der Waals surface area (Å²) in [5.41, 5.74) is 2.91. The van der Waals surface area contributed by atoms with E-state index in [9.17, 15) is 17.6 Å². The molecule has 0 spiro atoms. The number of ether oxygens (including phenoxy) is 1. The lowest BCUT2D eigenvalue weighted by molar-refractivity contribution is -0.133. The molecule has 0 saturated carbocycles. The van der Waals surface area contributed by atoms with Crippen LogP contribution in [0, 0.1) is 26.6 Å². The van der Waals surface area contributed by atoms with Gasteiger partial charge in [-0.05, 0) is 61.7 Å². The normalized spacial score (nSPS) is 11.7. The van der Waals surface area contributed by atoms with Gasteiger partial charge in [-0.3, -0.25) is 4.79 Å². The second kappa shape index (κ2) is 11.6. The minimum Gasteiger partial charge on any atom is -0.467 e. The number of methoxy groups -OCH3 is 1. The molecule has 0 atom stereocenters. The number of aryl methyl sites for hydroxylation is 3. The quantitative estimate of drug-likeness (QED) is 0.392. The van der Waals surface area contributed by atoms with Gasteiger partial charge >= 0.3 is 0 Å². The summed E-state index contributed by atoms with van der Waals surface area (Å²) in [4.78, 5) is 15.2. The standard InChI is InChI=1S/C26H31FN2O5S/c1-19-14-20(2)26(21(3)15-19)35(31,32)29(11-13-33-4)18-25(30)28(17-24-6-5-12-34-24)16-22-7-9-23(27)10-8-22/h5-10,12,14-15H,11,13,16-18H2,1-4H3. The summed E-state index contributed by atoms with van der Waals surface area (Å²) in [5, 5.41) is 0. The second-order valence-electron chi connectivity index (χ2n) is 8.51. The van der Waals surface area contributed by atoms with Crippen LogP contribution < -0.4 is 0 Å². The van der Waals surface area contributed by atoms with Crippen LogP contribution in [0.4, 0.5) is 4.39 Å². The average molecular weight is 503 g/mol. The first-order valence-electron chi connectivity index (χ1n) is 11.2. The number of halogens is 1. The zero-order valence-electron chi connectivity index (χ0n) is 20.5. The van der Waals surface area contributed by atoms with E-state index in [1.807, 2.05) is 19.1 Å². The number of nitrogens with zero attached hydrogens (tertiary/aromatic N) is 2. The van der Waals surface area contributed by atoms with Crippen molar-refractivity contribution in [2.45, 2.75) is 38.8 Å². The van der Waals surface area contributed by atoms with Gasteiger partial charge in [0.05, 0.1) is 30.9 Å². The molecule has 2 aromatic carbocycles. The van der Waals surface area contributed by atoms with Crippen molar-refractivity contribution in [3.8, 4) is 0 Å². The van der Waals surface area contributed by atoms with Gasteiger partial charge in [-0.25, -0.2) is 12.8 Å². The number of sulfonamides is 1. The number of hydrogen-bond donors (Lipinski definition) is 0. The molecule has 0 aliphatic rings. The largest absolute Gasteiger partial charge is 0.467 e. The summed E-state index contributed by atoms with van der Waals surface area (Å²) in [7, 11) is -2.51. The van der Waals surface area contributed by atoms with Gasteiger partial charge < -0.3 is 14.1 Å². The zero-order chi connectivity index (χ0) is 25.6. The van der Waals surface area contributed by atoms with Crippen molar-refractivity contribution >= 4 is 15.9 Å². The SMILES string of the molecule is COCCN(CC(=O)N(Cc1ccc(F)cc1)Cc1ccco1)S(=O)(=O)c1c(C)cc(C)cc1C. The summed E-state index contributed by atoms with van der Waals surface area (Å²) in [6, 6.07) is 12.9. The molecule has 0 bridgehead atoms. The molecule has 188 valence electrons. The Morgan fingerprint density at radius 1 is 1.03 bits per heavy atom. The van der Waals surface area contributed by atoms with Crippen molar-refractivity contribution < 1.29 is 26.8 Å². The van der Waals surface area contributed by atoms with Gasteiger partial charge in [0.2, 0.25) is 15.9 Å². The first-order chi connectivity index (χ1) is 16.6. The highest BCUT2D eigenvalue weighted by Crippen LogP contribution is 2.25. The minimum absolute atomic E-state index is 0.0163. The van der Waals surface area contributed by atoms with E-state index in [1.165, 1.54) is 30.4 Å². The summed E-state index contributed by atoms with van der Waals surface area (Å²) < 4.78 is 52.5. The molecule has 0 N–H and O–H groups in total. The Bertz CT molecular complexity index is 1220. The molecule has 1 aromatic heterocycles. The smallest absolute Gasteiger partial charge is 0.244 e. The molecule has 35 heavy (non-hydrogen) atoms. The van der Waals surface area contributed by atoms with Gasteiger partial charge in [-0.15, -0.1) is 0 Å². The van der Waals surface area contributed by atoms with E-state index in [0.717, 1.165) is 9.87 Å². The molecule has 7 nitrogen and oxygen atoms in total. The highest BCUT2D eigenvalue weighted by atomic mass is 32.2. The number of carbonyl (C=O) groups is 1. The molecule has 0 aliphatic heterocycles. The molecule has 0 unspecified atom stereocenters. The van der Waals surface area contributed by atoms with Gasteiger partial charge in [0.15, 0.2) is 0 Å². The lowest BCUT2D eigenvalue weighted by Crippen LogP contribution is -2.44. The second-order valence-corrected chi connectivity index (χ2v) is 10.4. The molecule has 0 fully saturated rings. The third kappa shape index (κ3) is 6.78. The van der Waals surface area contributed by atoms with Crippen molar-refractivity contribution in [2.75, 3.05) is 26.8 Å². The van der Waals surface area contributed by atoms with Crippen LogP contribution in [0.5, 0.6) is 0 Å². The van der Waals surface area contributed by atoms with Crippen molar-refractivity contribution in [3.63, 3.8) is 0 Å². The van der Waals surface area contributed by atoms with Gasteiger partial charge in [0.25, 0.3) is 0 Å². The van der Waals surface area contributed by atoms with Crippen LogP contribution in [0.25, 0.3) is 0 Å². The molecule has 1 heterocycles. The molecule has 9 heteroatoms. The third-order valence-corrected chi connectivity index (χ3v) is 7.78. The topological polar surface area (TPSA) is 80.1 Å². The maximum atomic E-state index is 13.7. The van der Waals surface area contributed by atoms with E-state index in [-0.39, 0.29) is 43.5 Å². The van der Waals surface area contributed by atoms with Crippen LogP contribution in [0.2, 0.25) is 0 Å². The Balaban J connectivity index is 1.91. The lowest BCUT2D eigenvalue weighted by atomic mass is 10.1. The van der Waals surface area contributed by atoms with E-state index in [1.54, 1.807) is 38.1 Å². The Morgan fingerprint density at radius 2 is 1.69 bits per heavy atom. The molecule has 0 saturated heterocycles. The number of furan rings is 1. The van der Waals surface area contributed by atoms with Crippen molar-refractivity contribution in [3.05, 3.63) is 88.6 Å². The van der Waals surface area contributed by atoms with Crippen LogP contribution in [-0.2, 0) is 32.6 Å². The Labute approximate surface area is 206 Å². The Hall–Kier alpha value is -3.01. The highest BCUT2D eigenvalue weighted by molar-refractivity contribution is 7.89. The monoisotopic (exact) mass is 502 g/mol. The van der Waals surface area contributed by atoms with Crippen molar-refractivity contribution in [1.82, 2.24) is 9.21 Å². The van der Waals surface area contributed by atoms with Crippen LogP contribution in [0.15, 0.2) is 64.1 Å². The summed E-state index contributed by atoms with van der Waals surface area (Å²) in [6.45, 7) is 5.49. The minimum atomic E-state index is -3.99. The lowest BCUT2D eigenvalue weighted by Gasteiger charge is -2.28. The third-order valence-electron chi connectivity index (χ3n) is 5.63. The number of rotatable bonds is 11. The Morgan fingerprint density at radius 3 is 2.26 bits per heavy atom. The molecule has 0 aliphatic carbocycles. The fourth-order valence-corrected chi connectivity index (χ4v) is 5.85. The molecule has 0 radical (unpaired) electrons. The summed E-state index contributed by atoms with van der Waals surface area (Å²) in [6.07, 6.45) is 1.51. The average Bonchev–Trinajstić information content (AvgIpc) is 3.29. The van der Waals surface area contributed by atoms with E-state index in [2.05, 4.69) is 0 Å². The van der Waals surface area contributed by atoms with E-state index in [4.69, 9.17) is 9.15 Å². The van der Waals surface area contributed by atoms with Gasteiger partial charge in [0, 0.05) is 20.2 Å². The Kier molecular flexibility index (Phi) is 8.82. The van der Waals surface area contributed by atoms with Crippen molar-refractivity contribution in [2.24, 2.45) is 0 Å². The highest BCUT2D eigenvalue weighted by Gasteiger charge is 2.31. The van der Waals surface area contributed by atoms with E-state index in [0.29, 0.717) is 22.5 Å². The maximum absolute atomic E-state index is 13.7. The van der Waals surface area contributed by atoms with Crippen LogP contribution in [0.1, 0.15) is 28.0 Å². The molecule has 1 amide bonds. The van der Waals surface area contributed by atoms with Crippen LogP contribution in [-0.4, -0.2) is 50.3 Å².